The van der Waals surface area contributed by atoms with Gasteiger partial charge in [-0.15, -0.1) is 11.3 Å². The fourth-order valence-corrected chi connectivity index (χ4v) is 3.87. The molecule has 0 radical (unpaired) electrons. The second kappa shape index (κ2) is 6.25. The molecule has 2 heterocycles. The van der Waals surface area contributed by atoms with Gasteiger partial charge >= 0.3 is 0 Å². The first-order valence-electron chi connectivity index (χ1n) is 6.98. The van der Waals surface area contributed by atoms with Crippen LogP contribution in [0.4, 0.5) is 0 Å². The van der Waals surface area contributed by atoms with E-state index in [1.54, 1.807) is 31.2 Å². The van der Waals surface area contributed by atoms with Gasteiger partial charge in [-0.25, -0.2) is 0 Å². The van der Waals surface area contributed by atoms with Gasteiger partial charge in [0.25, 0.3) is 11.8 Å². The molecule has 118 valence electrons. The van der Waals surface area contributed by atoms with E-state index in [1.165, 1.54) is 11.3 Å². The number of halogens is 1. The summed E-state index contributed by atoms with van der Waals surface area (Å²) in [6, 6.07) is 9.55. The number of nitrogens with one attached hydrogen (secondary N) is 1. The number of amides is 3. The van der Waals surface area contributed by atoms with Crippen molar-refractivity contribution in [2.75, 3.05) is 0 Å². The molecule has 0 saturated heterocycles. The second-order valence-corrected chi connectivity index (χ2v) is 7.67. The summed E-state index contributed by atoms with van der Waals surface area (Å²) in [5, 5.41) is 2.76. The molecule has 0 spiro atoms. The highest BCUT2D eigenvalue weighted by atomic mass is 79.9. The minimum absolute atomic E-state index is 0.347. The van der Waals surface area contributed by atoms with E-state index in [4.69, 9.17) is 0 Å². The predicted octanol–water partition coefficient (Wildman–Crippen LogP) is 2.81. The van der Waals surface area contributed by atoms with E-state index in [0.29, 0.717) is 17.7 Å². The zero-order valence-corrected chi connectivity index (χ0v) is 14.6. The van der Waals surface area contributed by atoms with Crippen LogP contribution in [-0.2, 0) is 11.3 Å². The third-order valence-corrected chi connectivity index (χ3v) is 5.28. The molecule has 0 saturated carbocycles. The summed E-state index contributed by atoms with van der Waals surface area (Å²) >= 11 is 4.88. The van der Waals surface area contributed by atoms with Gasteiger partial charge in [0.1, 0.15) is 6.04 Å². The van der Waals surface area contributed by atoms with Gasteiger partial charge in [-0.3, -0.25) is 19.3 Å². The summed E-state index contributed by atoms with van der Waals surface area (Å²) in [4.78, 5) is 39.0. The molecule has 1 unspecified atom stereocenters. The van der Waals surface area contributed by atoms with Crippen LogP contribution >= 0.6 is 27.3 Å². The fourth-order valence-electron chi connectivity index (χ4n) is 2.45. The molecular weight excluding hydrogens is 380 g/mol. The molecule has 1 aromatic heterocycles. The number of carbonyl (C=O) groups excluding carboxylic acids is 3. The van der Waals surface area contributed by atoms with Crippen LogP contribution in [0.15, 0.2) is 40.2 Å². The van der Waals surface area contributed by atoms with Crippen LogP contribution in [0.25, 0.3) is 0 Å². The molecule has 1 N–H and O–H groups in total. The van der Waals surface area contributed by atoms with Crippen molar-refractivity contribution in [3.8, 4) is 0 Å². The quantitative estimate of drug-likeness (QED) is 0.813. The summed E-state index contributed by atoms with van der Waals surface area (Å²) in [6.45, 7) is 1.92. The van der Waals surface area contributed by atoms with Crippen LogP contribution in [0.3, 0.4) is 0 Å². The molecule has 7 heteroatoms. The lowest BCUT2D eigenvalue weighted by molar-refractivity contribution is -0.124. The fraction of sp³-hybridized carbons (Fsp3) is 0.188. The van der Waals surface area contributed by atoms with Crippen molar-refractivity contribution in [2.24, 2.45) is 0 Å². The Balaban J connectivity index is 1.71. The maximum atomic E-state index is 12.4. The minimum atomic E-state index is -0.856. The van der Waals surface area contributed by atoms with Crippen molar-refractivity contribution in [2.45, 2.75) is 19.5 Å². The van der Waals surface area contributed by atoms with Crippen LogP contribution in [0, 0.1) is 0 Å². The van der Waals surface area contributed by atoms with Crippen molar-refractivity contribution in [1.29, 1.82) is 0 Å². The lowest BCUT2D eigenvalue weighted by Crippen LogP contribution is -2.47. The molecule has 0 aliphatic carbocycles. The lowest BCUT2D eigenvalue weighted by atomic mass is 10.1. The summed E-state index contributed by atoms with van der Waals surface area (Å²) in [5.41, 5.74) is 0.693. The molecule has 5 nitrogen and oxygen atoms in total. The molecule has 1 aliphatic heterocycles. The smallest absolute Gasteiger partial charge is 0.262 e. The minimum Gasteiger partial charge on any atom is -0.349 e. The molecule has 1 atom stereocenters. The van der Waals surface area contributed by atoms with Gasteiger partial charge in [-0.05, 0) is 47.1 Å². The standard InChI is InChI=1S/C16H13BrN2O3S/c1-9(14(20)18-8-10-6-7-13(17)23-10)19-15(21)11-4-2-3-5-12(11)16(19)22/h2-7,9H,8H2,1H3,(H,18,20). The van der Waals surface area contributed by atoms with Crippen LogP contribution in [0.1, 0.15) is 32.5 Å². The maximum absolute atomic E-state index is 12.4. The Kier molecular flexibility index (Phi) is 4.32. The third-order valence-electron chi connectivity index (χ3n) is 3.66. The van der Waals surface area contributed by atoms with E-state index in [0.717, 1.165) is 13.6 Å². The second-order valence-electron chi connectivity index (χ2n) is 5.13. The summed E-state index contributed by atoms with van der Waals surface area (Å²) in [6.07, 6.45) is 0. The average Bonchev–Trinajstić information content (AvgIpc) is 3.07. The third kappa shape index (κ3) is 2.94. The van der Waals surface area contributed by atoms with E-state index < -0.39 is 17.9 Å². The Hall–Kier alpha value is -1.99. The molecule has 0 fully saturated rings. The Labute approximate surface area is 145 Å². The van der Waals surface area contributed by atoms with Crippen molar-refractivity contribution in [1.82, 2.24) is 10.2 Å². The van der Waals surface area contributed by atoms with Crippen molar-refractivity contribution in [3.63, 3.8) is 0 Å². The van der Waals surface area contributed by atoms with Crippen LogP contribution < -0.4 is 5.32 Å². The van der Waals surface area contributed by atoms with E-state index in [1.807, 2.05) is 12.1 Å². The number of imide groups is 1. The monoisotopic (exact) mass is 392 g/mol. The number of rotatable bonds is 4. The SMILES string of the molecule is CC(C(=O)NCc1ccc(Br)s1)N1C(=O)c2ccccc2C1=O. The first-order valence-corrected chi connectivity index (χ1v) is 8.59. The maximum Gasteiger partial charge on any atom is 0.262 e. The van der Waals surface area contributed by atoms with Crippen molar-refractivity contribution < 1.29 is 14.4 Å². The zero-order chi connectivity index (χ0) is 16.6. The molecule has 2 aromatic rings. The largest absolute Gasteiger partial charge is 0.349 e. The lowest BCUT2D eigenvalue weighted by Gasteiger charge is -2.21. The first kappa shape index (κ1) is 15.9. The molecular formula is C16H13BrN2O3S. The van der Waals surface area contributed by atoms with Crippen LogP contribution in [0.2, 0.25) is 0 Å². The van der Waals surface area contributed by atoms with Crippen molar-refractivity contribution in [3.05, 3.63) is 56.2 Å². The molecule has 1 aromatic carbocycles. The Morgan fingerprint density at radius 3 is 2.30 bits per heavy atom. The number of nitrogens with zero attached hydrogens (tertiary/aromatic N) is 1. The predicted molar refractivity (Wildman–Crippen MR) is 90.3 cm³/mol. The summed E-state index contributed by atoms with van der Waals surface area (Å²) < 4.78 is 0.982. The van der Waals surface area contributed by atoms with Gasteiger partial charge in [0.2, 0.25) is 5.91 Å². The molecule has 3 rings (SSSR count). The zero-order valence-electron chi connectivity index (χ0n) is 12.2. The topological polar surface area (TPSA) is 66.5 Å². The summed E-state index contributed by atoms with van der Waals surface area (Å²) in [7, 11) is 0. The number of benzene rings is 1. The number of hydrogen-bond acceptors (Lipinski definition) is 4. The van der Waals surface area contributed by atoms with E-state index in [9.17, 15) is 14.4 Å². The van der Waals surface area contributed by atoms with Gasteiger partial charge < -0.3 is 5.32 Å². The Morgan fingerprint density at radius 1 is 1.17 bits per heavy atom. The Morgan fingerprint density at radius 2 is 1.78 bits per heavy atom. The Bertz CT molecular complexity index is 767. The van der Waals surface area contributed by atoms with Crippen LogP contribution in [-0.4, -0.2) is 28.7 Å². The molecule has 3 amide bonds. The van der Waals surface area contributed by atoms with Gasteiger partial charge in [0, 0.05) is 4.88 Å². The first-order chi connectivity index (χ1) is 11.0. The number of fused-ring (bicyclic) bond motifs is 1. The van der Waals surface area contributed by atoms with Crippen LogP contribution in [0.5, 0.6) is 0 Å². The van der Waals surface area contributed by atoms with E-state index in [-0.39, 0.29) is 5.91 Å². The van der Waals surface area contributed by atoms with E-state index >= 15 is 0 Å². The number of hydrogen-bond donors (Lipinski definition) is 1. The molecule has 23 heavy (non-hydrogen) atoms. The number of thiophene rings is 1. The normalized spacial score (nSPS) is 14.8. The average molecular weight is 393 g/mol. The molecule has 1 aliphatic rings. The highest BCUT2D eigenvalue weighted by molar-refractivity contribution is 9.11. The van der Waals surface area contributed by atoms with E-state index in [2.05, 4.69) is 21.2 Å². The van der Waals surface area contributed by atoms with Gasteiger partial charge in [-0.1, -0.05) is 12.1 Å². The highest BCUT2D eigenvalue weighted by Crippen LogP contribution is 2.25. The van der Waals surface area contributed by atoms with Gasteiger partial charge in [-0.2, -0.15) is 0 Å². The molecule has 0 bridgehead atoms. The number of carbonyl (C=O) groups is 3. The van der Waals surface area contributed by atoms with Gasteiger partial charge in [0.15, 0.2) is 0 Å². The summed E-state index contributed by atoms with van der Waals surface area (Å²) in [5.74, 6) is -1.21. The highest BCUT2D eigenvalue weighted by Gasteiger charge is 2.40. The van der Waals surface area contributed by atoms with Crippen molar-refractivity contribution >= 4 is 45.0 Å². The van der Waals surface area contributed by atoms with Gasteiger partial charge in [0.05, 0.1) is 21.5 Å².